The van der Waals surface area contributed by atoms with Crippen molar-refractivity contribution in [1.82, 2.24) is 0 Å². The first kappa shape index (κ1) is 11.4. The molecular formula is C11H12BrFO. The average Bonchev–Trinajstić information content (AvgIpc) is 2.11. The summed E-state index contributed by atoms with van der Waals surface area (Å²) in [7, 11) is 0. The van der Waals surface area contributed by atoms with Crippen LogP contribution in [-0.2, 0) is 11.2 Å². The SMILES string of the molecule is CC(C)(C=O)Cc1cc(F)ccc1Br. The monoisotopic (exact) mass is 258 g/mol. The number of carbonyl (C=O) groups is 1. The first-order valence-electron chi connectivity index (χ1n) is 4.35. The van der Waals surface area contributed by atoms with Crippen LogP contribution in [0.2, 0.25) is 0 Å². The molecule has 0 aromatic heterocycles. The summed E-state index contributed by atoms with van der Waals surface area (Å²) in [5.74, 6) is -0.273. The van der Waals surface area contributed by atoms with E-state index >= 15 is 0 Å². The number of aldehydes is 1. The Morgan fingerprint density at radius 1 is 1.50 bits per heavy atom. The van der Waals surface area contributed by atoms with E-state index in [1.54, 1.807) is 6.07 Å². The van der Waals surface area contributed by atoms with Gasteiger partial charge in [-0.2, -0.15) is 0 Å². The number of hydrogen-bond acceptors (Lipinski definition) is 1. The van der Waals surface area contributed by atoms with Gasteiger partial charge in [-0.15, -0.1) is 0 Å². The summed E-state index contributed by atoms with van der Waals surface area (Å²) in [6.45, 7) is 3.66. The molecule has 0 aliphatic carbocycles. The fourth-order valence-electron chi connectivity index (χ4n) is 1.21. The molecule has 0 heterocycles. The molecule has 1 aromatic carbocycles. The number of benzene rings is 1. The third-order valence-electron chi connectivity index (χ3n) is 1.97. The van der Waals surface area contributed by atoms with Crippen molar-refractivity contribution in [2.24, 2.45) is 5.41 Å². The molecule has 3 heteroatoms. The summed E-state index contributed by atoms with van der Waals surface area (Å²) in [6.07, 6.45) is 1.43. The molecule has 0 radical (unpaired) electrons. The summed E-state index contributed by atoms with van der Waals surface area (Å²) in [5.41, 5.74) is 0.373. The molecule has 0 amide bonds. The van der Waals surface area contributed by atoms with Gasteiger partial charge in [-0.1, -0.05) is 29.8 Å². The third-order valence-corrected chi connectivity index (χ3v) is 2.75. The Labute approximate surface area is 91.5 Å². The highest BCUT2D eigenvalue weighted by Gasteiger charge is 2.18. The van der Waals surface area contributed by atoms with E-state index in [4.69, 9.17) is 0 Å². The molecule has 0 aliphatic rings. The molecule has 0 fully saturated rings. The van der Waals surface area contributed by atoms with Crippen LogP contribution in [0.5, 0.6) is 0 Å². The number of halogens is 2. The van der Waals surface area contributed by atoms with E-state index in [-0.39, 0.29) is 5.82 Å². The van der Waals surface area contributed by atoms with Gasteiger partial charge in [0.15, 0.2) is 0 Å². The van der Waals surface area contributed by atoms with Gasteiger partial charge >= 0.3 is 0 Å². The van der Waals surface area contributed by atoms with Gasteiger partial charge in [-0.25, -0.2) is 4.39 Å². The maximum Gasteiger partial charge on any atom is 0.125 e. The van der Waals surface area contributed by atoms with Crippen LogP contribution in [0.1, 0.15) is 19.4 Å². The second-order valence-electron chi connectivity index (χ2n) is 4.02. The number of rotatable bonds is 3. The van der Waals surface area contributed by atoms with E-state index in [0.29, 0.717) is 6.42 Å². The van der Waals surface area contributed by atoms with Crippen molar-refractivity contribution in [3.63, 3.8) is 0 Å². The third kappa shape index (κ3) is 2.91. The Morgan fingerprint density at radius 2 is 2.14 bits per heavy atom. The zero-order chi connectivity index (χ0) is 10.8. The molecule has 1 nitrogen and oxygen atoms in total. The molecule has 0 N–H and O–H groups in total. The van der Waals surface area contributed by atoms with Crippen LogP contribution in [-0.4, -0.2) is 6.29 Å². The molecule has 0 spiro atoms. The van der Waals surface area contributed by atoms with Crippen molar-refractivity contribution in [2.45, 2.75) is 20.3 Å². The second-order valence-corrected chi connectivity index (χ2v) is 4.87. The van der Waals surface area contributed by atoms with Gasteiger partial charge in [0.2, 0.25) is 0 Å². The quantitative estimate of drug-likeness (QED) is 0.761. The lowest BCUT2D eigenvalue weighted by molar-refractivity contribution is -0.114. The molecule has 0 atom stereocenters. The highest BCUT2D eigenvalue weighted by atomic mass is 79.9. The van der Waals surface area contributed by atoms with Crippen molar-refractivity contribution in [2.75, 3.05) is 0 Å². The largest absolute Gasteiger partial charge is 0.303 e. The fourth-order valence-corrected chi connectivity index (χ4v) is 1.60. The van der Waals surface area contributed by atoms with Crippen LogP contribution in [0.3, 0.4) is 0 Å². The van der Waals surface area contributed by atoms with Crippen LogP contribution in [0, 0.1) is 11.2 Å². The molecular weight excluding hydrogens is 247 g/mol. The van der Waals surface area contributed by atoms with Crippen LogP contribution in [0.4, 0.5) is 4.39 Å². The standard InChI is InChI=1S/C11H12BrFO/c1-11(2,7-14)6-8-5-9(13)3-4-10(8)12/h3-5,7H,6H2,1-2H3. The maximum absolute atomic E-state index is 12.9. The zero-order valence-corrected chi connectivity index (χ0v) is 9.77. The highest BCUT2D eigenvalue weighted by Crippen LogP contribution is 2.25. The minimum absolute atomic E-state index is 0.273. The van der Waals surface area contributed by atoms with Crippen LogP contribution >= 0.6 is 15.9 Å². The van der Waals surface area contributed by atoms with Crippen molar-refractivity contribution in [3.8, 4) is 0 Å². The molecule has 76 valence electrons. The predicted octanol–water partition coefficient (Wildman–Crippen LogP) is 3.36. The molecule has 0 aliphatic heterocycles. The lowest BCUT2D eigenvalue weighted by Crippen LogP contribution is -2.16. The average molecular weight is 259 g/mol. The summed E-state index contributed by atoms with van der Waals surface area (Å²) < 4.78 is 13.8. The van der Waals surface area contributed by atoms with Crippen molar-refractivity contribution < 1.29 is 9.18 Å². The van der Waals surface area contributed by atoms with Gasteiger partial charge in [0.1, 0.15) is 12.1 Å². The smallest absolute Gasteiger partial charge is 0.125 e. The molecule has 1 rings (SSSR count). The van der Waals surface area contributed by atoms with Crippen LogP contribution in [0.15, 0.2) is 22.7 Å². The van der Waals surface area contributed by atoms with E-state index < -0.39 is 5.41 Å². The van der Waals surface area contributed by atoms with Crippen LogP contribution in [0.25, 0.3) is 0 Å². The van der Waals surface area contributed by atoms with Crippen molar-refractivity contribution in [1.29, 1.82) is 0 Å². The summed E-state index contributed by atoms with van der Waals surface area (Å²) in [4.78, 5) is 10.7. The molecule has 0 saturated heterocycles. The lowest BCUT2D eigenvalue weighted by atomic mass is 9.87. The minimum atomic E-state index is -0.448. The summed E-state index contributed by atoms with van der Waals surface area (Å²) in [6, 6.07) is 4.50. The van der Waals surface area contributed by atoms with E-state index in [1.165, 1.54) is 12.1 Å². The number of carbonyl (C=O) groups excluding carboxylic acids is 1. The van der Waals surface area contributed by atoms with Gasteiger partial charge in [0.05, 0.1) is 0 Å². The fraction of sp³-hybridized carbons (Fsp3) is 0.364. The maximum atomic E-state index is 12.9. The Balaban J connectivity index is 2.96. The van der Waals surface area contributed by atoms with Crippen LogP contribution < -0.4 is 0 Å². The molecule has 0 saturated carbocycles. The first-order chi connectivity index (χ1) is 6.44. The summed E-state index contributed by atoms with van der Waals surface area (Å²) >= 11 is 3.33. The van der Waals surface area contributed by atoms with Gasteiger partial charge in [-0.05, 0) is 30.2 Å². The van der Waals surface area contributed by atoms with Crippen molar-refractivity contribution >= 4 is 22.2 Å². The zero-order valence-electron chi connectivity index (χ0n) is 8.18. The van der Waals surface area contributed by atoms with E-state index in [0.717, 1.165) is 16.3 Å². The van der Waals surface area contributed by atoms with Gasteiger partial charge in [0.25, 0.3) is 0 Å². The van der Waals surface area contributed by atoms with Gasteiger partial charge < -0.3 is 4.79 Å². The Bertz CT molecular complexity index is 347. The van der Waals surface area contributed by atoms with Gasteiger partial charge in [-0.3, -0.25) is 0 Å². The molecule has 14 heavy (non-hydrogen) atoms. The minimum Gasteiger partial charge on any atom is -0.303 e. The van der Waals surface area contributed by atoms with E-state index in [2.05, 4.69) is 15.9 Å². The van der Waals surface area contributed by atoms with Crippen molar-refractivity contribution in [3.05, 3.63) is 34.1 Å². The molecule has 0 bridgehead atoms. The topological polar surface area (TPSA) is 17.1 Å². The molecule has 1 aromatic rings. The normalized spacial score (nSPS) is 11.4. The first-order valence-corrected chi connectivity index (χ1v) is 5.14. The lowest BCUT2D eigenvalue weighted by Gasteiger charge is -2.17. The Kier molecular flexibility index (Phi) is 3.43. The van der Waals surface area contributed by atoms with E-state index in [9.17, 15) is 9.18 Å². The second kappa shape index (κ2) is 4.22. The van der Waals surface area contributed by atoms with E-state index in [1.807, 2.05) is 13.8 Å². The highest BCUT2D eigenvalue weighted by molar-refractivity contribution is 9.10. The number of hydrogen-bond donors (Lipinski definition) is 0. The molecule has 0 unspecified atom stereocenters. The Hall–Kier alpha value is -0.700. The van der Waals surface area contributed by atoms with Gasteiger partial charge in [0, 0.05) is 9.89 Å². The predicted molar refractivity (Wildman–Crippen MR) is 57.6 cm³/mol. The Morgan fingerprint density at radius 3 is 2.71 bits per heavy atom. The summed E-state index contributed by atoms with van der Waals surface area (Å²) in [5, 5.41) is 0.